The summed E-state index contributed by atoms with van der Waals surface area (Å²) in [6.45, 7) is 5.89. The number of benzene rings is 1. The molecule has 0 aliphatic carbocycles. The van der Waals surface area contributed by atoms with E-state index < -0.39 is 0 Å². The minimum atomic E-state index is -0.124. The Labute approximate surface area is 147 Å². The molecule has 2 heterocycles. The highest BCUT2D eigenvalue weighted by Crippen LogP contribution is 2.27. The van der Waals surface area contributed by atoms with Crippen LogP contribution in [-0.4, -0.2) is 25.7 Å². The van der Waals surface area contributed by atoms with Gasteiger partial charge in [0.2, 0.25) is 0 Å². The van der Waals surface area contributed by atoms with Crippen molar-refractivity contribution in [1.82, 2.24) is 20.0 Å². The first kappa shape index (κ1) is 16.4. The highest BCUT2D eigenvalue weighted by Gasteiger charge is 2.35. The number of aromatic nitrogens is 2. The molecule has 1 aliphatic rings. The Kier molecular flexibility index (Phi) is 4.24. The largest absolute Gasteiger partial charge is 0.328 e. The van der Waals surface area contributed by atoms with Crippen LogP contribution in [0.2, 0.25) is 0 Å². The minimum Gasteiger partial charge on any atom is -0.328 e. The fourth-order valence-corrected chi connectivity index (χ4v) is 3.28. The van der Waals surface area contributed by atoms with E-state index in [0.717, 1.165) is 22.5 Å². The number of rotatable bonds is 3. The van der Waals surface area contributed by atoms with Gasteiger partial charge in [0.25, 0.3) is 5.91 Å². The molecule has 1 amide bonds. The maximum atomic E-state index is 12.8. The van der Waals surface area contributed by atoms with Crippen LogP contribution in [-0.2, 0) is 11.8 Å². The van der Waals surface area contributed by atoms with E-state index in [4.69, 9.17) is 12.2 Å². The van der Waals surface area contributed by atoms with E-state index in [2.05, 4.69) is 10.4 Å². The van der Waals surface area contributed by atoms with Crippen molar-refractivity contribution in [3.8, 4) is 0 Å². The van der Waals surface area contributed by atoms with Crippen molar-refractivity contribution < 1.29 is 4.79 Å². The third-order valence-corrected chi connectivity index (χ3v) is 4.73. The molecule has 0 saturated carbocycles. The molecule has 124 valence electrons. The number of amides is 1. The molecule has 1 unspecified atom stereocenters. The maximum absolute atomic E-state index is 12.8. The summed E-state index contributed by atoms with van der Waals surface area (Å²) in [5, 5.41) is 7.87. The lowest BCUT2D eigenvalue weighted by Gasteiger charge is -2.23. The molecule has 0 radical (unpaired) electrons. The molecule has 0 bridgehead atoms. The molecular formula is C18H20N4OS. The Morgan fingerprint density at radius 3 is 2.50 bits per heavy atom. The van der Waals surface area contributed by atoms with E-state index in [-0.39, 0.29) is 11.9 Å². The predicted octanol–water partition coefficient (Wildman–Crippen LogP) is 2.86. The summed E-state index contributed by atoms with van der Waals surface area (Å²) in [7, 11) is 1.89. The molecule has 5 nitrogen and oxygen atoms in total. The quantitative estimate of drug-likeness (QED) is 0.689. The van der Waals surface area contributed by atoms with Crippen molar-refractivity contribution in [2.75, 3.05) is 0 Å². The van der Waals surface area contributed by atoms with E-state index in [0.29, 0.717) is 10.8 Å². The number of nitrogens with one attached hydrogen (secondary N) is 1. The second-order valence-electron chi connectivity index (χ2n) is 5.96. The van der Waals surface area contributed by atoms with Crippen LogP contribution in [0.5, 0.6) is 0 Å². The van der Waals surface area contributed by atoms with E-state index in [1.54, 1.807) is 4.90 Å². The van der Waals surface area contributed by atoms with Gasteiger partial charge in [-0.05, 0) is 44.6 Å². The van der Waals surface area contributed by atoms with Crippen LogP contribution >= 0.6 is 12.2 Å². The van der Waals surface area contributed by atoms with Crippen LogP contribution in [0.15, 0.2) is 36.0 Å². The van der Waals surface area contributed by atoms with Gasteiger partial charge >= 0.3 is 0 Å². The second kappa shape index (κ2) is 6.20. The summed E-state index contributed by atoms with van der Waals surface area (Å²) >= 11 is 5.39. The summed E-state index contributed by atoms with van der Waals surface area (Å²) in [6.07, 6.45) is 1.84. The van der Waals surface area contributed by atoms with Gasteiger partial charge < -0.3 is 5.32 Å². The standard InChI is InChI=1S/C18H20N4OS/c1-11-15(13(3)21(4)20-11)10-16-17(23)22(18(24)19-16)12(2)14-8-6-5-7-9-14/h5-10,12H,1-4H3,(H,19,24)/b16-10-. The van der Waals surface area contributed by atoms with Crippen LogP contribution in [0, 0.1) is 13.8 Å². The van der Waals surface area contributed by atoms with Gasteiger partial charge in [-0.25, -0.2) is 0 Å². The second-order valence-corrected chi connectivity index (χ2v) is 6.34. The first-order chi connectivity index (χ1) is 11.4. The molecule has 1 fully saturated rings. The van der Waals surface area contributed by atoms with Crippen LogP contribution in [0.25, 0.3) is 6.08 Å². The van der Waals surface area contributed by atoms with E-state index >= 15 is 0 Å². The topological polar surface area (TPSA) is 50.2 Å². The number of nitrogens with zero attached hydrogens (tertiary/aromatic N) is 3. The van der Waals surface area contributed by atoms with Gasteiger partial charge in [0, 0.05) is 18.3 Å². The molecule has 24 heavy (non-hydrogen) atoms. The molecule has 1 N–H and O–H groups in total. The summed E-state index contributed by atoms with van der Waals surface area (Å²) in [4.78, 5) is 14.5. The molecule has 0 spiro atoms. The highest BCUT2D eigenvalue weighted by atomic mass is 32.1. The molecule has 1 aromatic heterocycles. The Balaban J connectivity index is 1.93. The number of aryl methyl sites for hydroxylation is 2. The van der Waals surface area contributed by atoms with Gasteiger partial charge in [0.05, 0.1) is 11.7 Å². The zero-order valence-electron chi connectivity index (χ0n) is 14.2. The number of hydrogen-bond donors (Lipinski definition) is 1. The maximum Gasteiger partial charge on any atom is 0.277 e. The molecule has 3 rings (SSSR count). The summed E-state index contributed by atoms with van der Waals surface area (Å²) in [6, 6.07) is 9.75. The van der Waals surface area contributed by atoms with Crippen LogP contribution in [0.3, 0.4) is 0 Å². The molecule has 2 aromatic rings. The fraction of sp³-hybridized carbons (Fsp3) is 0.278. The van der Waals surface area contributed by atoms with E-state index in [1.165, 1.54) is 0 Å². The van der Waals surface area contributed by atoms with Gasteiger partial charge in [-0.1, -0.05) is 30.3 Å². The van der Waals surface area contributed by atoms with E-state index in [9.17, 15) is 4.79 Å². The Morgan fingerprint density at radius 1 is 1.25 bits per heavy atom. The molecular weight excluding hydrogens is 320 g/mol. The summed E-state index contributed by atoms with van der Waals surface area (Å²) in [5.41, 5.74) is 4.38. The van der Waals surface area contributed by atoms with Crippen LogP contribution in [0.1, 0.15) is 35.5 Å². The summed E-state index contributed by atoms with van der Waals surface area (Å²) in [5.74, 6) is -0.112. The average Bonchev–Trinajstić information content (AvgIpc) is 2.98. The first-order valence-electron chi connectivity index (χ1n) is 7.81. The molecule has 1 saturated heterocycles. The van der Waals surface area contributed by atoms with Gasteiger partial charge in [-0.3, -0.25) is 14.4 Å². The van der Waals surface area contributed by atoms with E-state index in [1.807, 2.05) is 68.9 Å². The Morgan fingerprint density at radius 2 is 1.92 bits per heavy atom. The normalized spacial score (nSPS) is 17.5. The lowest BCUT2D eigenvalue weighted by atomic mass is 10.1. The van der Waals surface area contributed by atoms with Crippen molar-refractivity contribution in [2.45, 2.75) is 26.8 Å². The van der Waals surface area contributed by atoms with Crippen molar-refractivity contribution in [3.63, 3.8) is 0 Å². The summed E-state index contributed by atoms with van der Waals surface area (Å²) < 4.78 is 1.81. The number of carbonyl (C=O) groups excluding carboxylic acids is 1. The zero-order valence-corrected chi connectivity index (χ0v) is 15.0. The predicted molar refractivity (Wildman–Crippen MR) is 98.1 cm³/mol. The average molecular weight is 340 g/mol. The first-order valence-corrected chi connectivity index (χ1v) is 8.22. The smallest absolute Gasteiger partial charge is 0.277 e. The SMILES string of the molecule is Cc1nn(C)c(C)c1/C=C1\NC(=S)N(C(C)c2ccccc2)C1=O. The zero-order chi connectivity index (χ0) is 17.4. The Bertz CT molecular complexity index is 838. The highest BCUT2D eigenvalue weighted by molar-refractivity contribution is 7.80. The molecule has 6 heteroatoms. The van der Waals surface area contributed by atoms with Crippen LogP contribution < -0.4 is 5.32 Å². The van der Waals surface area contributed by atoms with Crippen molar-refractivity contribution in [1.29, 1.82) is 0 Å². The van der Waals surface area contributed by atoms with Crippen molar-refractivity contribution >= 4 is 29.3 Å². The van der Waals surface area contributed by atoms with Gasteiger partial charge in [-0.15, -0.1) is 0 Å². The fourth-order valence-electron chi connectivity index (χ4n) is 2.92. The molecule has 1 aromatic carbocycles. The van der Waals surface area contributed by atoms with Crippen LogP contribution in [0.4, 0.5) is 0 Å². The van der Waals surface area contributed by atoms with Crippen molar-refractivity contribution in [3.05, 3.63) is 58.5 Å². The lowest BCUT2D eigenvalue weighted by Crippen LogP contribution is -2.33. The van der Waals surface area contributed by atoms with Crippen molar-refractivity contribution in [2.24, 2.45) is 7.05 Å². The number of carbonyl (C=O) groups is 1. The third-order valence-electron chi connectivity index (χ3n) is 4.43. The third kappa shape index (κ3) is 2.73. The number of hydrogen-bond acceptors (Lipinski definition) is 3. The Hall–Kier alpha value is -2.47. The molecule has 1 atom stereocenters. The monoisotopic (exact) mass is 340 g/mol. The van der Waals surface area contributed by atoms with Gasteiger partial charge in [0.15, 0.2) is 5.11 Å². The van der Waals surface area contributed by atoms with Gasteiger partial charge in [0.1, 0.15) is 5.70 Å². The number of thiocarbonyl (C=S) groups is 1. The lowest BCUT2D eigenvalue weighted by molar-refractivity contribution is -0.123. The minimum absolute atomic E-state index is 0.112. The van der Waals surface area contributed by atoms with Gasteiger partial charge in [-0.2, -0.15) is 5.10 Å². The molecule has 1 aliphatic heterocycles.